The van der Waals surface area contributed by atoms with Crippen LogP contribution in [0.2, 0.25) is 0 Å². The van der Waals surface area contributed by atoms with Crippen molar-refractivity contribution >= 4 is 5.91 Å². The van der Waals surface area contributed by atoms with Gasteiger partial charge in [-0.2, -0.15) is 0 Å². The van der Waals surface area contributed by atoms with Crippen molar-refractivity contribution in [3.63, 3.8) is 0 Å². The standard InChI is InChI=1S/C13H26N2O/c1-9-6-5-7-10(8-9)15-12(16)11(14)13(2,3)4/h9-11H,5-8,14H2,1-4H3,(H,15,16)/t9?,10?,11-/m1/s1. The quantitative estimate of drug-likeness (QED) is 0.757. The molecule has 1 saturated carbocycles. The first kappa shape index (κ1) is 13.5. The molecule has 2 unspecified atom stereocenters. The molecule has 1 aliphatic rings. The smallest absolute Gasteiger partial charge is 0.237 e. The molecule has 0 saturated heterocycles. The van der Waals surface area contributed by atoms with Crippen molar-refractivity contribution in [2.75, 3.05) is 0 Å². The Morgan fingerprint density at radius 1 is 1.38 bits per heavy atom. The minimum absolute atomic E-state index is 0.00611. The SMILES string of the molecule is CC1CCCC(NC(=O)[C@@H](N)C(C)(C)C)C1. The van der Waals surface area contributed by atoms with Crippen molar-refractivity contribution in [1.29, 1.82) is 0 Å². The normalized spacial score (nSPS) is 28.6. The van der Waals surface area contributed by atoms with E-state index in [1.165, 1.54) is 12.8 Å². The van der Waals surface area contributed by atoms with Crippen molar-refractivity contribution in [2.45, 2.75) is 65.5 Å². The fourth-order valence-electron chi connectivity index (χ4n) is 2.25. The number of hydrogen-bond donors (Lipinski definition) is 2. The minimum Gasteiger partial charge on any atom is -0.352 e. The molecule has 3 nitrogen and oxygen atoms in total. The Morgan fingerprint density at radius 2 is 2.00 bits per heavy atom. The van der Waals surface area contributed by atoms with E-state index in [2.05, 4.69) is 12.2 Å². The van der Waals surface area contributed by atoms with E-state index in [-0.39, 0.29) is 11.3 Å². The predicted octanol–water partition coefficient (Wildman–Crippen LogP) is 2.05. The number of rotatable bonds is 2. The third-order valence-electron chi connectivity index (χ3n) is 3.50. The van der Waals surface area contributed by atoms with E-state index < -0.39 is 6.04 Å². The molecule has 3 heteroatoms. The highest BCUT2D eigenvalue weighted by Gasteiger charge is 2.29. The van der Waals surface area contributed by atoms with Gasteiger partial charge in [0.2, 0.25) is 5.91 Å². The number of amides is 1. The van der Waals surface area contributed by atoms with Gasteiger partial charge in [-0.3, -0.25) is 4.79 Å². The van der Waals surface area contributed by atoms with Crippen LogP contribution in [0.4, 0.5) is 0 Å². The molecule has 1 rings (SSSR count). The molecule has 1 aliphatic carbocycles. The van der Waals surface area contributed by atoms with Gasteiger partial charge in [-0.05, 0) is 24.2 Å². The molecule has 3 atom stereocenters. The van der Waals surface area contributed by atoms with Gasteiger partial charge < -0.3 is 11.1 Å². The van der Waals surface area contributed by atoms with Gasteiger partial charge in [0.05, 0.1) is 6.04 Å². The first-order valence-electron chi connectivity index (χ1n) is 6.36. The zero-order valence-electron chi connectivity index (χ0n) is 11.0. The molecule has 0 spiro atoms. The molecule has 94 valence electrons. The third-order valence-corrected chi connectivity index (χ3v) is 3.50. The van der Waals surface area contributed by atoms with Crippen molar-refractivity contribution in [3.05, 3.63) is 0 Å². The van der Waals surface area contributed by atoms with Crippen LogP contribution in [-0.4, -0.2) is 18.0 Å². The number of carbonyl (C=O) groups is 1. The number of hydrogen-bond acceptors (Lipinski definition) is 2. The summed E-state index contributed by atoms with van der Waals surface area (Å²) >= 11 is 0. The largest absolute Gasteiger partial charge is 0.352 e. The molecule has 0 aromatic rings. The first-order valence-corrected chi connectivity index (χ1v) is 6.36. The summed E-state index contributed by atoms with van der Waals surface area (Å²) in [5.41, 5.74) is 5.77. The lowest BCUT2D eigenvalue weighted by Crippen LogP contribution is -2.52. The molecule has 16 heavy (non-hydrogen) atoms. The average Bonchev–Trinajstić information content (AvgIpc) is 2.15. The Balaban J connectivity index is 2.45. The van der Waals surface area contributed by atoms with Crippen molar-refractivity contribution < 1.29 is 4.79 Å². The van der Waals surface area contributed by atoms with Crippen LogP contribution in [0.5, 0.6) is 0 Å². The Hall–Kier alpha value is -0.570. The minimum atomic E-state index is -0.412. The second-order valence-corrected chi connectivity index (χ2v) is 6.32. The summed E-state index contributed by atoms with van der Waals surface area (Å²) in [6.07, 6.45) is 4.71. The van der Waals surface area contributed by atoms with Crippen LogP contribution in [0.3, 0.4) is 0 Å². The lowest BCUT2D eigenvalue weighted by molar-refractivity contribution is -0.125. The molecule has 0 bridgehead atoms. The topological polar surface area (TPSA) is 55.1 Å². The van der Waals surface area contributed by atoms with Gasteiger partial charge in [0.1, 0.15) is 0 Å². The van der Waals surface area contributed by atoms with Gasteiger partial charge in [-0.15, -0.1) is 0 Å². The molecule has 0 aromatic carbocycles. The van der Waals surface area contributed by atoms with Crippen molar-refractivity contribution in [3.8, 4) is 0 Å². The Kier molecular flexibility index (Phi) is 4.36. The monoisotopic (exact) mass is 226 g/mol. The Labute approximate surface area is 99.2 Å². The van der Waals surface area contributed by atoms with Gasteiger partial charge in [0, 0.05) is 6.04 Å². The molecular formula is C13H26N2O. The van der Waals surface area contributed by atoms with Gasteiger partial charge in [-0.1, -0.05) is 40.5 Å². The fraction of sp³-hybridized carbons (Fsp3) is 0.923. The number of nitrogens with two attached hydrogens (primary N) is 1. The maximum atomic E-state index is 11.9. The molecule has 0 aliphatic heterocycles. The summed E-state index contributed by atoms with van der Waals surface area (Å²) in [6.45, 7) is 8.25. The van der Waals surface area contributed by atoms with E-state index in [1.54, 1.807) is 0 Å². The van der Waals surface area contributed by atoms with Crippen molar-refractivity contribution in [2.24, 2.45) is 17.1 Å². The number of nitrogens with one attached hydrogen (secondary N) is 1. The van der Waals surface area contributed by atoms with Crippen LogP contribution in [0, 0.1) is 11.3 Å². The second kappa shape index (κ2) is 5.17. The summed E-state index contributed by atoms with van der Waals surface area (Å²) in [7, 11) is 0. The summed E-state index contributed by atoms with van der Waals surface area (Å²) in [5, 5.41) is 3.09. The summed E-state index contributed by atoms with van der Waals surface area (Å²) < 4.78 is 0. The molecule has 0 radical (unpaired) electrons. The lowest BCUT2D eigenvalue weighted by Gasteiger charge is -2.31. The van der Waals surface area contributed by atoms with E-state index in [1.807, 2.05) is 20.8 Å². The van der Waals surface area contributed by atoms with E-state index >= 15 is 0 Å². The van der Waals surface area contributed by atoms with Crippen LogP contribution < -0.4 is 11.1 Å². The fourth-order valence-corrected chi connectivity index (χ4v) is 2.25. The van der Waals surface area contributed by atoms with Gasteiger partial charge in [0.15, 0.2) is 0 Å². The van der Waals surface area contributed by atoms with Gasteiger partial charge in [-0.25, -0.2) is 0 Å². The van der Waals surface area contributed by atoms with E-state index in [0.29, 0.717) is 6.04 Å². The second-order valence-electron chi connectivity index (χ2n) is 6.32. The lowest BCUT2D eigenvalue weighted by atomic mass is 9.84. The number of carbonyl (C=O) groups excluding carboxylic acids is 1. The predicted molar refractivity (Wildman–Crippen MR) is 67.0 cm³/mol. The molecule has 1 fully saturated rings. The van der Waals surface area contributed by atoms with Crippen molar-refractivity contribution in [1.82, 2.24) is 5.32 Å². The van der Waals surface area contributed by atoms with Gasteiger partial charge in [0.25, 0.3) is 0 Å². The molecule has 0 heterocycles. The summed E-state index contributed by atoms with van der Waals surface area (Å²) in [4.78, 5) is 11.9. The van der Waals surface area contributed by atoms with Crippen LogP contribution in [0.15, 0.2) is 0 Å². The molecule has 3 N–H and O–H groups in total. The van der Waals surface area contributed by atoms with Crippen LogP contribution in [-0.2, 0) is 4.79 Å². The molecule has 0 aromatic heterocycles. The summed E-state index contributed by atoms with van der Waals surface area (Å²) in [5.74, 6) is 0.733. The Morgan fingerprint density at radius 3 is 2.50 bits per heavy atom. The van der Waals surface area contributed by atoms with E-state index in [4.69, 9.17) is 5.73 Å². The maximum absolute atomic E-state index is 11.9. The van der Waals surface area contributed by atoms with Gasteiger partial charge >= 0.3 is 0 Å². The zero-order valence-corrected chi connectivity index (χ0v) is 11.0. The Bertz CT molecular complexity index is 245. The highest BCUT2D eigenvalue weighted by Crippen LogP contribution is 2.24. The van der Waals surface area contributed by atoms with E-state index in [0.717, 1.165) is 18.8 Å². The third kappa shape index (κ3) is 3.78. The molecular weight excluding hydrogens is 200 g/mol. The highest BCUT2D eigenvalue weighted by molar-refractivity contribution is 5.82. The van der Waals surface area contributed by atoms with Crippen LogP contribution in [0.1, 0.15) is 53.4 Å². The molecule has 1 amide bonds. The zero-order chi connectivity index (χ0) is 12.3. The summed E-state index contributed by atoms with van der Waals surface area (Å²) in [6, 6.07) is -0.0746. The van der Waals surface area contributed by atoms with Crippen LogP contribution in [0.25, 0.3) is 0 Å². The average molecular weight is 226 g/mol. The highest BCUT2D eigenvalue weighted by atomic mass is 16.2. The maximum Gasteiger partial charge on any atom is 0.237 e. The van der Waals surface area contributed by atoms with Crippen LogP contribution >= 0.6 is 0 Å². The van der Waals surface area contributed by atoms with E-state index in [9.17, 15) is 4.79 Å². The first-order chi connectivity index (χ1) is 7.30.